The summed E-state index contributed by atoms with van der Waals surface area (Å²) in [5.41, 5.74) is 4.32. The van der Waals surface area contributed by atoms with Gasteiger partial charge in [0.25, 0.3) is 0 Å². The molecule has 130 valence electrons. The zero-order valence-corrected chi connectivity index (χ0v) is 15.2. The van der Waals surface area contributed by atoms with Gasteiger partial charge in [-0.15, -0.1) is 0 Å². The normalized spacial score (nSPS) is 12.0. The van der Waals surface area contributed by atoms with Crippen molar-refractivity contribution in [2.45, 2.75) is 46.6 Å². The molecule has 1 aromatic heterocycles. The number of aromatic nitrogens is 2. The van der Waals surface area contributed by atoms with Gasteiger partial charge in [-0.3, -0.25) is 9.48 Å². The standard InChI is InChI=1S/C19H27N3O2/c1-13-7-6-8-14(2)19(13)24-12-15(3)20-18(23)10-9-17-11-22(5)21-16(17)4/h6-8,11,15H,9-10,12H2,1-5H3,(H,20,23)/t15-/m1/s1. The van der Waals surface area contributed by atoms with Gasteiger partial charge < -0.3 is 10.1 Å². The smallest absolute Gasteiger partial charge is 0.220 e. The van der Waals surface area contributed by atoms with Crippen LogP contribution >= 0.6 is 0 Å². The molecule has 1 N–H and O–H groups in total. The summed E-state index contributed by atoms with van der Waals surface area (Å²) in [6.45, 7) is 8.45. The van der Waals surface area contributed by atoms with Crippen molar-refractivity contribution in [1.29, 1.82) is 0 Å². The van der Waals surface area contributed by atoms with Gasteiger partial charge in [0, 0.05) is 19.7 Å². The van der Waals surface area contributed by atoms with Crippen LogP contribution in [0.25, 0.3) is 0 Å². The number of benzene rings is 1. The predicted octanol–water partition coefficient (Wildman–Crippen LogP) is 2.86. The summed E-state index contributed by atoms with van der Waals surface area (Å²) >= 11 is 0. The molecule has 24 heavy (non-hydrogen) atoms. The number of nitrogens with zero attached hydrogens (tertiary/aromatic N) is 2. The zero-order chi connectivity index (χ0) is 17.7. The van der Waals surface area contributed by atoms with E-state index in [0.717, 1.165) is 28.1 Å². The lowest BCUT2D eigenvalue weighted by Gasteiger charge is -2.17. The molecular weight excluding hydrogens is 302 g/mol. The van der Waals surface area contributed by atoms with Crippen LogP contribution in [0.5, 0.6) is 5.75 Å². The summed E-state index contributed by atoms with van der Waals surface area (Å²) in [5, 5.41) is 7.29. The number of rotatable bonds is 7. The van der Waals surface area contributed by atoms with Gasteiger partial charge in [-0.2, -0.15) is 5.10 Å². The monoisotopic (exact) mass is 329 g/mol. The van der Waals surface area contributed by atoms with E-state index in [2.05, 4.69) is 10.4 Å². The molecule has 1 heterocycles. The second-order valence-electron chi connectivity index (χ2n) is 6.41. The molecule has 0 aliphatic heterocycles. The van der Waals surface area contributed by atoms with E-state index >= 15 is 0 Å². The van der Waals surface area contributed by atoms with Crippen LogP contribution in [-0.2, 0) is 18.3 Å². The minimum atomic E-state index is -0.0356. The Kier molecular flexibility index (Phi) is 6.01. The Morgan fingerprint density at radius 3 is 2.54 bits per heavy atom. The van der Waals surface area contributed by atoms with Crippen molar-refractivity contribution in [2.24, 2.45) is 7.05 Å². The molecule has 1 amide bonds. The van der Waals surface area contributed by atoms with Crippen LogP contribution in [0.2, 0.25) is 0 Å². The quantitative estimate of drug-likeness (QED) is 0.850. The highest BCUT2D eigenvalue weighted by molar-refractivity contribution is 5.76. The molecule has 1 aromatic carbocycles. The lowest BCUT2D eigenvalue weighted by Crippen LogP contribution is -2.37. The molecular formula is C19H27N3O2. The van der Waals surface area contributed by atoms with E-state index in [-0.39, 0.29) is 11.9 Å². The van der Waals surface area contributed by atoms with E-state index in [9.17, 15) is 4.79 Å². The first-order chi connectivity index (χ1) is 11.4. The van der Waals surface area contributed by atoms with Crippen molar-refractivity contribution in [3.63, 3.8) is 0 Å². The number of nitrogens with one attached hydrogen (secondary N) is 1. The average molecular weight is 329 g/mol. The minimum absolute atomic E-state index is 0.0356. The minimum Gasteiger partial charge on any atom is -0.491 e. The molecule has 0 aliphatic rings. The van der Waals surface area contributed by atoms with Crippen molar-refractivity contribution in [3.8, 4) is 5.75 Å². The van der Waals surface area contributed by atoms with Crippen molar-refractivity contribution < 1.29 is 9.53 Å². The Balaban J connectivity index is 1.78. The summed E-state index contributed by atoms with van der Waals surface area (Å²) in [6.07, 6.45) is 3.13. The van der Waals surface area contributed by atoms with Crippen LogP contribution in [0, 0.1) is 20.8 Å². The number of para-hydroxylation sites is 1. The highest BCUT2D eigenvalue weighted by Gasteiger charge is 2.11. The van der Waals surface area contributed by atoms with Gasteiger partial charge in [0.15, 0.2) is 0 Å². The summed E-state index contributed by atoms with van der Waals surface area (Å²) in [6, 6.07) is 6.04. The third-order valence-corrected chi connectivity index (χ3v) is 4.03. The first-order valence-electron chi connectivity index (χ1n) is 8.34. The zero-order valence-electron chi connectivity index (χ0n) is 15.2. The second kappa shape index (κ2) is 7.99. The van der Waals surface area contributed by atoms with Crippen molar-refractivity contribution in [2.75, 3.05) is 6.61 Å². The van der Waals surface area contributed by atoms with Crippen LogP contribution < -0.4 is 10.1 Å². The van der Waals surface area contributed by atoms with Gasteiger partial charge in [0.1, 0.15) is 12.4 Å². The van der Waals surface area contributed by atoms with E-state index in [1.807, 2.05) is 59.1 Å². The summed E-state index contributed by atoms with van der Waals surface area (Å²) < 4.78 is 7.67. The Hall–Kier alpha value is -2.30. The maximum absolute atomic E-state index is 12.1. The van der Waals surface area contributed by atoms with Gasteiger partial charge in [0.05, 0.1) is 11.7 Å². The van der Waals surface area contributed by atoms with Crippen molar-refractivity contribution in [1.82, 2.24) is 15.1 Å². The fourth-order valence-electron chi connectivity index (χ4n) is 2.77. The van der Waals surface area contributed by atoms with Crippen LogP contribution in [0.15, 0.2) is 24.4 Å². The molecule has 1 atom stereocenters. The number of amides is 1. The van der Waals surface area contributed by atoms with Crippen LogP contribution in [0.4, 0.5) is 0 Å². The maximum Gasteiger partial charge on any atom is 0.220 e. The Bertz CT molecular complexity index is 686. The van der Waals surface area contributed by atoms with Crippen LogP contribution in [-0.4, -0.2) is 28.3 Å². The number of hydrogen-bond acceptors (Lipinski definition) is 3. The fraction of sp³-hybridized carbons (Fsp3) is 0.474. The molecule has 2 aromatic rings. The third-order valence-electron chi connectivity index (χ3n) is 4.03. The van der Waals surface area contributed by atoms with E-state index < -0.39 is 0 Å². The van der Waals surface area contributed by atoms with Gasteiger partial charge in [0.2, 0.25) is 5.91 Å². The molecule has 5 nitrogen and oxygen atoms in total. The summed E-state index contributed by atoms with van der Waals surface area (Å²) in [7, 11) is 1.89. The van der Waals surface area contributed by atoms with E-state index in [1.165, 1.54) is 0 Å². The summed E-state index contributed by atoms with van der Waals surface area (Å²) in [4.78, 5) is 12.1. The van der Waals surface area contributed by atoms with E-state index in [0.29, 0.717) is 19.4 Å². The second-order valence-corrected chi connectivity index (χ2v) is 6.41. The topological polar surface area (TPSA) is 56.1 Å². The third kappa shape index (κ3) is 4.85. The molecule has 0 fully saturated rings. The van der Waals surface area contributed by atoms with Gasteiger partial charge in [-0.05, 0) is 50.8 Å². The Morgan fingerprint density at radius 2 is 1.96 bits per heavy atom. The molecule has 0 aliphatic carbocycles. The molecule has 0 saturated carbocycles. The number of carbonyl (C=O) groups excluding carboxylic acids is 1. The number of aryl methyl sites for hydroxylation is 5. The highest BCUT2D eigenvalue weighted by atomic mass is 16.5. The van der Waals surface area contributed by atoms with E-state index in [4.69, 9.17) is 4.74 Å². The molecule has 5 heteroatoms. The Morgan fingerprint density at radius 1 is 1.29 bits per heavy atom. The molecule has 0 spiro atoms. The first-order valence-corrected chi connectivity index (χ1v) is 8.34. The number of carbonyl (C=O) groups is 1. The fourth-order valence-corrected chi connectivity index (χ4v) is 2.77. The van der Waals surface area contributed by atoms with Crippen LogP contribution in [0.3, 0.4) is 0 Å². The van der Waals surface area contributed by atoms with Crippen LogP contribution in [0.1, 0.15) is 35.7 Å². The maximum atomic E-state index is 12.1. The van der Waals surface area contributed by atoms with Crippen molar-refractivity contribution in [3.05, 3.63) is 46.8 Å². The highest BCUT2D eigenvalue weighted by Crippen LogP contribution is 2.22. The lowest BCUT2D eigenvalue weighted by atomic mass is 10.1. The largest absolute Gasteiger partial charge is 0.491 e. The SMILES string of the molecule is Cc1cccc(C)c1OC[C@@H](C)NC(=O)CCc1cn(C)nc1C. The van der Waals surface area contributed by atoms with Gasteiger partial charge in [-0.25, -0.2) is 0 Å². The van der Waals surface area contributed by atoms with Gasteiger partial charge in [-0.1, -0.05) is 18.2 Å². The van der Waals surface area contributed by atoms with Gasteiger partial charge >= 0.3 is 0 Å². The molecule has 0 saturated heterocycles. The number of hydrogen-bond donors (Lipinski definition) is 1. The summed E-state index contributed by atoms with van der Waals surface area (Å²) in [5.74, 6) is 0.945. The predicted molar refractivity (Wildman–Crippen MR) is 95.3 cm³/mol. The average Bonchev–Trinajstić information content (AvgIpc) is 2.82. The first kappa shape index (κ1) is 18.0. The van der Waals surface area contributed by atoms with Crippen molar-refractivity contribution >= 4 is 5.91 Å². The number of ether oxygens (including phenoxy) is 1. The molecule has 2 rings (SSSR count). The lowest BCUT2D eigenvalue weighted by molar-refractivity contribution is -0.121. The molecule has 0 unspecified atom stereocenters. The Labute approximate surface area is 144 Å². The molecule has 0 bridgehead atoms. The molecule has 0 radical (unpaired) electrons. The van der Waals surface area contributed by atoms with E-state index in [1.54, 1.807) is 4.68 Å².